The highest BCUT2D eigenvalue weighted by molar-refractivity contribution is 9.10. The molecule has 1 aromatic rings. The molecule has 1 aliphatic heterocycles. The minimum atomic E-state index is -3.58. The van der Waals surface area contributed by atoms with Crippen LogP contribution in [0, 0.1) is 0 Å². The third kappa shape index (κ3) is 2.48. The van der Waals surface area contributed by atoms with Crippen LogP contribution >= 0.6 is 27.7 Å². The lowest BCUT2D eigenvalue weighted by atomic mass is 10.4. The van der Waals surface area contributed by atoms with Crippen LogP contribution in [0.3, 0.4) is 0 Å². The van der Waals surface area contributed by atoms with Crippen LogP contribution in [0.5, 0.6) is 0 Å². The normalized spacial score (nSPS) is 20.6. The largest absolute Gasteiger partial charge is 0.285 e. The van der Waals surface area contributed by atoms with Gasteiger partial charge in [0.2, 0.25) is 15.1 Å². The van der Waals surface area contributed by atoms with Crippen LogP contribution in [0.25, 0.3) is 0 Å². The van der Waals surface area contributed by atoms with Gasteiger partial charge in [-0.25, -0.2) is 8.42 Å². The molecule has 86 valence electrons. The van der Waals surface area contributed by atoms with Gasteiger partial charge >= 0.3 is 0 Å². The first kappa shape index (κ1) is 12.1. The van der Waals surface area contributed by atoms with Gasteiger partial charge in [0.25, 0.3) is 0 Å². The third-order valence-electron chi connectivity index (χ3n) is 2.10. The molecule has 0 amide bonds. The molecule has 1 N–H and O–H groups in total. The van der Waals surface area contributed by atoms with Crippen LogP contribution < -0.4 is 4.72 Å². The summed E-state index contributed by atoms with van der Waals surface area (Å²) in [5.41, 5.74) is 0. The number of carbonyl (C=O) groups is 1. The Kier molecular flexibility index (Phi) is 3.39. The molecule has 1 aromatic carbocycles. The monoisotopic (exact) mass is 321 g/mol. The summed E-state index contributed by atoms with van der Waals surface area (Å²) in [5.74, 6) is 0.509. The summed E-state index contributed by atoms with van der Waals surface area (Å²) < 4.78 is 26.8. The summed E-state index contributed by atoms with van der Waals surface area (Å²) in [7, 11) is -3.58. The third-order valence-corrected chi connectivity index (χ3v) is 5.18. The Morgan fingerprint density at radius 2 is 1.94 bits per heavy atom. The molecule has 4 nitrogen and oxygen atoms in total. The molecule has 16 heavy (non-hydrogen) atoms. The van der Waals surface area contributed by atoms with Gasteiger partial charge < -0.3 is 0 Å². The number of benzene rings is 1. The van der Waals surface area contributed by atoms with Crippen LogP contribution in [0.2, 0.25) is 0 Å². The van der Waals surface area contributed by atoms with Gasteiger partial charge in [0.15, 0.2) is 0 Å². The van der Waals surface area contributed by atoms with Gasteiger partial charge in [0, 0.05) is 10.2 Å². The molecule has 1 heterocycles. The van der Waals surface area contributed by atoms with E-state index in [1.54, 1.807) is 12.1 Å². The fraction of sp³-hybridized carbons (Fsp3) is 0.222. The van der Waals surface area contributed by atoms with Crippen molar-refractivity contribution in [1.29, 1.82) is 0 Å². The van der Waals surface area contributed by atoms with E-state index in [0.29, 0.717) is 5.75 Å². The van der Waals surface area contributed by atoms with Gasteiger partial charge in [-0.15, -0.1) is 0 Å². The SMILES string of the molecule is O=C1SCC1NS(=O)(=O)c1ccc(Br)cc1. The molecular weight excluding hydrogens is 314 g/mol. The van der Waals surface area contributed by atoms with E-state index < -0.39 is 16.1 Å². The molecular formula is C9H8BrNO3S2. The minimum Gasteiger partial charge on any atom is -0.285 e. The average Bonchev–Trinajstić information content (AvgIpc) is 2.25. The molecule has 0 aromatic heterocycles. The fourth-order valence-corrected chi connectivity index (χ4v) is 3.44. The molecule has 1 atom stereocenters. The van der Waals surface area contributed by atoms with Gasteiger partial charge in [0.05, 0.1) is 4.90 Å². The van der Waals surface area contributed by atoms with Crippen LogP contribution in [0.1, 0.15) is 0 Å². The number of rotatable bonds is 3. The fourth-order valence-electron chi connectivity index (χ4n) is 1.19. The first-order chi connectivity index (χ1) is 7.49. The molecule has 0 spiro atoms. The van der Waals surface area contributed by atoms with Gasteiger partial charge in [-0.2, -0.15) is 4.72 Å². The van der Waals surface area contributed by atoms with Crippen molar-refractivity contribution in [2.45, 2.75) is 10.9 Å². The molecule has 0 bridgehead atoms. The second kappa shape index (κ2) is 4.48. The zero-order valence-electron chi connectivity index (χ0n) is 8.01. The zero-order valence-corrected chi connectivity index (χ0v) is 11.2. The number of hydrogen-bond acceptors (Lipinski definition) is 4. The first-order valence-corrected chi connectivity index (χ1v) is 7.70. The Bertz CT molecular complexity index is 512. The van der Waals surface area contributed by atoms with Crippen molar-refractivity contribution in [2.75, 3.05) is 5.75 Å². The van der Waals surface area contributed by atoms with Crippen molar-refractivity contribution in [3.8, 4) is 0 Å². The number of hydrogen-bond donors (Lipinski definition) is 1. The van der Waals surface area contributed by atoms with E-state index in [9.17, 15) is 13.2 Å². The quantitative estimate of drug-likeness (QED) is 0.913. The van der Waals surface area contributed by atoms with E-state index in [4.69, 9.17) is 0 Å². The summed E-state index contributed by atoms with van der Waals surface area (Å²) in [6.07, 6.45) is 0. The van der Waals surface area contributed by atoms with Gasteiger partial charge in [-0.05, 0) is 24.3 Å². The highest BCUT2D eigenvalue weighted by Crippen LogP contribution is 2.22. The van der Waals surface area contributed by atoms with Gasteiger partial charge in [0.1, 0.15) is 6.04 Å². The smallest absolute Gasteiger partial charge is 0.241 e. The highest BCUT2D eigenvalue weighted by Gasteiger charge is 2.33. The standard InChI is InChI=1S/C9H8BrNO3S2/c10-6-1-3-7(4-2-6)16(13,14)11-8-5-15-9(8)12/h1-4,8,11H,5H2. The van der Waals surface area contributed by atoms with Crippen molar-refractivity contribution in [3.63, 3.8) is 0 Å². The second-order valence-electron chi connectivity index (χ2n) is 3.26. The number of thioether (sulfide) groups is 1. The van der Waals surface area contributed by atoms with Gasteiger partial charge in [-0.1, -0.05) is 27.7 Å². The average molecular weight is 322 g/mol. The van der Waals surface area contributed by atoms with E-state index in [1.807, 2.05) is 0 Å². The number of nitrogens with one attached hydrogen (secondary N) is 1. The van der Waals surface area contributed by atoms with Crippen molar-refractivity contribution < 1.29 is 13.2 Å². The predicted molar refractivity (Wildman–Crippen MR) is 65.7 cm³/mol. The Balaban J connectivity index is 2.18. The summed E-state index contributed by atoms with van der Waals surface area (Å²) in [6, 6.07) is 5.70. The highest BCUT2D eigenvalue weighted by atomic mass is 79.9. The lowest BCUT2D eigenvalue weighted by Crippen LogP contribution is -2.47. The predicted octanol–water partition coefficient (Wildman–Crippen LogP) is 1.37. The first-order valence-electron chi connectivity index (χ1n) is 4.43. The number of sulfonamides is 1. The molecule has 0 aliphatic carbocycles. The van der Waals surface area contributed by atoms with E-state index in [-0.39, 0.29) is 10.0 Å². The molecule has 0 saturated carbocycles. The van der Waals surface area contributed by atoms with E-state index >= 15 is 0 Å². The maximum Gasteiger partial charge on any atom is 0.241 e. The molecule has 1 unspecified atom stereocenters. The Morgan fingerprint density at radius 3 is 2.38 bits per heavy atom. The summed E-state index contributed by atoms with van der Waals surface area (Å²) >= 11 is 4.36. The van der Waals surface area contributed by atoms with E-state index in [2.05, 4.69) is 20.7 Å². The van der Waals surface area contributed by atoms with E-state index in [0.717, 1.165) is 16.2 Å². The molecule has 0 radical (unpaired) electrons. The minimum absolute atomic E-state index is 0.124. The van der Waals surface area contributed by atoms with Crippen LogP contribution in [0.15, 0.2) is 33.6 Å². The lowest BCUT2D eigenvalue weighted by molar-refractivity contribution is -0.113. The molecule has 7 heteroatoms. The second-order valence-corrected chi connectivity index (χ2v) is 6.91. The number of halogens is 1. The summed E-state index contributed by atoms with van der Waals surface area (Å²) in [5, 5.41) is -0.124. The molecule has 1 aliphatic rings. The topological polar surface area (TPSA) is 63.2 Å². The van der Waals surface area contributed by atoms with E-state index in [1.165, 1.54) is 12.1 Å². The van der Waals surface area contributed by atoms with Crippen molar-refractivity contribution >= 4 is 42.8 Å². The van der Waals surface area contributed by atoms with Crippen molar-refractivity contribution in [3.05, 3.63) is 28.7 Å². The molecule has 1 fully saturated rings. The van der Waals surface area contributed by atoms with Gasteiger partial charge in [-0.3, -0.25) is 4.79 Å². The maximum atomic E-state index is 11.8. The Hall–Kier alpha value is -0.370. The lowest BCUT2D eigenvalue weighted by Gasteiger charge is -2.23. The summed E-state index contributed by atoms with van der Waals surface area (Å²) in [4.78, 5) is 11.2. The van der Waals surface area contributed by atoms with Crippen molar-refractivity contribution in [2.24, 2.45) is 0 Å². The summed E-state index contributed by atoms with van der Waals surface area (Å²) in [6.45, 7) is 0. The number of carbonyl (C=O) groups excluding carboxylic acids is 1. The van der Waals surface area contributed by atoms with Crippen LogP contribution in [0.4, 0.5) is 0 Å². The Labute approximate surface area is 106 Å². The molecule has 2 rings (SSSR count). The molecule has 1 saturated heterocycles. The Morgan fingerprint density at radius 1 is 1.31 bits per heavy atom. The zero-order chi connectivity index (χ0) is 11.8. The van der Waals surface area contributed by atoms with Crippen LogP contribution in [-0.4, -0.2) is 25.3 Å². The maximum absolute atomic E-state index is 11.8. The van der Waals surface area contributed by atoms with Crippen LogP contribution in [-0.2, 0) is 14.8 Å². The van der Waals surface area contributed by atoms with Crippen molar-refractivity contribution in [1.82, 2.24) is 4.72 Å².